The summed E-state index contributed by atoms with van der Waals surface area (Å²) >= 11 is 6.68. The predicted octanol–water partition coefficient (Wildman–Crippen LogP) is 2.70. The van der Waals surface area contributed by atoms with Gasteiger partial charge in [0.25, 0.3) is 0 Å². The molecular formula is C24H43ClN4O2. The number of rotatable bonds is 6. The van der Waals surface area contributed by atoms with Crippen LogP contribution in [0.2, 0.25) is 0 Å². The molecule has 2 aliphatic heterocycles. The summed E-state index contributed by atoms with van der Waals surface area (Å²) in [5.41, 5.74) is 0. The maximum absolute atomic E-state index is 13.2. The van der Waals surface area contributed by atoms with Gasteiger partial charge in [0, 0.05) is 36.0 Å². The average Bonchev–Trinajstić information content (AvgIpc) is 2.73. The molecule has 1 aliphatic carbocycles. The fraction of sp³-hybridized carbons (Fsp3) is 0.917. The average molecular weight is 455 g/mol. The molecule has 31 heavy (non-hydrogen) atoms. The zero-order valence-corrected chi connectivity index (χ0v) is 20.8. The van der Waals surface area contributed by atoms with E-state index in [1.54, 1.807) is 0 Å². The number of alkyl halides is 1. The van der Waals surface area contributed by atoms with Gasteiger partial charge in [0.1, 0.15) is 0 Å². The van der Waals surface area contributed by atoms with E-state index in [0.717, 1.165) is 38.9 Å². The van der Waals surface area contributed by atoms with Crippen LogP contribution in [0.15, 0.2) is 0 Å². The number of piperidine rings is 2. The summed E-state index contributed by atoms with van der Waals surface area (Å²) < 4.78 is 0. The second-order valence-corrected chi connectivity index (χ2v) is 11.0. The number of carbonyl (C=O) groups excluding carboxylic acids is 2. The third-order valence-corrected chi connectivity index (χ3v) is 8.68. The first-order valence-electron chi connectivity index (χ1n) is 12.4. The van der Waals surface area contributed by atoms with E-state index in [2.05, 4.69) is 48.3 Å². The van der Waals surface area contributed by atoms with E-state index in [-0.39, 0.29) is 46.9 Å². The second kappa shape index (κ2) is 10.8. The molecule has 0 aromatic heterocycles. The largest absolute Gasteiger partial charge is 0.355 e. The van der Waals surface area contributed by atoms with Crippen LogP contribution in [0.25, 0.3) is 0 Å². The van der Waals surface area contributed by atoms with Gasteiger partial charge >= 0.3 is 0 Å². The molecule has 2 amide bonds. The molecule has 0 spiro atoms. The predicted molar refractivity (Wildman–Crippen MR) is 126 cm³/mol. The van der Waals surface area contributed by atoms with Crippen LogP contribution in [0.4, 0.5) is 0 Å². The summed E-state index contributed by atoms with van der Waals surface area (Å²) in [6, 6.07) is 1.10. The molecule has 178 valence electrons. The van der Waals surface area contributed by atoms with Gasteiger partial charge in [-0.05, 0) is 77.5 Å². The van der Waals surface area contributed by atoms with Crippen molar-refractivity contribution in [2.45, 2.75) is 83.3 Å². The number of likely N-dealkylation sites (tertiary alicyclic amines) is 1. The highest BCUT2D eigenvalue weighted by atomic mass is 35.5. The topological polar surface area (TPSA) is 64.7 Å². The van der Waals surface area contributed by atoms with Crippen LogP contribution in [-0.2, 0) is 9.59 Å². The standard InChI is InChI=1S/C24H43ClN4O2/c1-6-29-9-7-19(8-10-29)28(5)22-13-18(25)12-20(17(22)4)23(30)26-14-21-15(2)11-16(3)27-24(21)31/h15-22H,6-14H2,1-5H3,(H,26,30)(H,27,31). The summed E-state index contributed by atoms with van der Waals surface area (Å²) in [4.78, 5) is 30.6. The van der Waals surface area contributed by atoms with Gasteiger partial charge in [-0.1, -0.05) is 20.8 Å². The van der Waals surface area contributed by atoms with E-state index >= 15 is 0 Å². The highest BCUT2D eigenvalue weighted by molar-refractivity contribution is 6.20. The van der Waals surface area contributed by atoms with Crippen LogP contribution < -0.4 is 10.6 Å². The zero-order valence-electron chi connectivity index (χ0n) is 20.1. The van der Waals surface area contributed by atoms with Crippen molar-refractivity contribution < 1.29 is 9.59 Å². The Bertz CT molecular complexity index is 625. The van der Waals surface area contributed by atoms with E-state index in [1.807, 2.05) is 6.92 Å². The first-order chi connectivity index (χ1) is 14.7. The molecule has 7 atom stereocenters. The number of nitrogens with zero attached hydrogens (tertiary/aromatic N) is 2. The normalized spacial score (nSPS) is 38.2. The molecule has 3 rings (SSSR count). The Morgan fingerprint density at radius 1 is 1.19 bits per heavy atom. The lowest BCUT2D eigenvalue weighted by molar-refractivity contribution is -0.132. The maximum Gasteiger partial charge on any atom is 0.225 e. The molecule has 2 heterocycles. The van der Waals surface area contributed by atoms with Gasteiger partial charge in [-0.15, -0.1) is 11.6 Å². The monoisotopic (exact) mass is 454 g/mol. The van der Waals surface area contributed by atoms with Crippen LogP contribution in [0, 0.1) is 23.7 Å². The van der Waals surface area contributed by atoms with Crippen molar-refractivity contribution in [2.75, 3.05) is 33.2 Å². The van der Waals surface area contributed by atoms with Crippen molar-refractivity contribution in [3.8, 4) is 0 Å². The first-order valence-corrected chi connectivity index (χ1v) is 12.8. The van der Waals surface area contributed by atoms with Crippen LogP contribution in [-0.4, -0.2) is 78.3 Å². The minimum Gasteiger partial charge on any atom is -0.355 e. The third-order valence-electron chi connectivity index (χ3n) is 8.32. The lowest BCUT2D eigenvalue weighted by Gasteiger charge is -2.47. The van der Waals surface area contributed by atoms with Crippen LogP contribution in [0.1, 0.15) is 59.8 Å². The lowest BCUT2D eigenvalue weighted by atomic mass is 9.74. The maximum atomic E-state index is 13.2. The van der Waals surface area contributed by atoms with Crippen molar-refractivity contribution >= 4 is 23.4 Å². The molecule has 7 heteroatoms. The molecule has 0 aromatic carbocycles. The molecule has 0 aromatic rings. The van der Waals surface area contributed by atoms with Crippen molar-refractivity contribution in [1.29, 1.82) is 0 Å². The van der Waals surface area contributed by atoms with E-state index in [1.165, 1.54) is 12.8 Å². The number of carbonyl (C=O) groups is 2. The zero-order chi connectivity index (χ0) is 22.7. The van der Waals surface area contributed by atoms with Crippen LogP contribution in [0.5, 0.6) is 0 Å². The fourth-order valence-electron chi connectivity index (χ4n) is 6.15. The highest BCUT2D eigenvalue weighted by Crippen LogP contribution is 2.37. The van der Waals surface area contributed by atoms with Crippen molar-refractivity contribution in [3.63, 3.8) is 0 Å². The summed E-state index contributed by atoms with van der Waals surface area (Å²) in [7, 11) is 2.23. The first kappa shape index (κ1) is 24.8. The van der Waals surface area contributed by atoms with Gasteiger partial charge in [0.05, 0.1) is 5.92 Å². The van der Waals surface area contributed by atoms with Crippen LogP contribution >= 0.6 is 11.6 Å². The molecule has 6 nitrogen and oxygen atoms in total. The number of hydrogen-bond donors (Lipinski definition) is 2. The Balaban J connectivity index is 1.58. The second-order valence-electron chi connectivity index (χ2n) is 10.4. The van der Waals surface area contributed by atoms with E-state index in [4.69, 9.17) is 11.6 Å². The van der Waals surface area contributed by atoms with Crippen LogP contribution in [0.3, 0.4) is 0 Å². The lowest BCUT2D eigenvalue weighted by Crippen LogP contribution is -2.55. The summed E-state index contributed by atoms with van der Waals surface area (Å²) in [6.07, 6.45) is 4.99. The molecule has 0 bridgehead atoms. The molecule has 1 saturated carbocycles. The van der Waals surface area contributed by atoms with Gasteiger partial charge in [-0.3, -0.25) is 9.59 Å². The molecule has 3 fully saturated rings. The molecular weight excluding hydrogens is 412 g/mol. The van der Waals surface area contributed by atoms with E-state index in [9.17, 15) is 9.59 Å². The fourth-order valence-corrected chi connectivity index (χ4v) is 6.53. The quantitative estimate of drug-likeness (QED) is 0.605. The number of amides is 2. The Hall–Kier alpha value is -0.850. The summed E-state index contributed by atoms with van der Waals surface area (Å²) in [5.74, 6) is 0.418. The number of nitrogens with one attached hydrogen (secondary N) is 2. The van der Waals surface area contributed by atoms with Gasteiger partial charge in [-0.2, -0.15) is 0 Å². The Morgan fingerprint density at radius 2 is 1.87 bits per heavy atom. The van der Waals surface area contributed by atoms with Gasteiger partial charge in [0.2, 0.25) is 11.8 Å². The van der Waals surface area contributed by atoms with Crippen molar-refractivity contribution in [1.82, 2.24) is 20.4 Å². The third kappa shape index (κ3) is 5.94. The molecule has 2 saturated heterocycles. The summed E-state index contributed by atoms with van der Waals surface area (Å²) in [6.45, 7) is 12.4. The van der Waals surface area contributed by atoms with Crippen molar-refractivity contribution in [3.05, 3.63) is 0 Å². The van der Waals surface area contributed by atoms with Gasteiger partial charge in [-0.25, -0.2) is 0 Å². The molecule has 7 unspecified atom stereocenters. The Kier molecular flexibility index (Phi) is 8.67. The smallest absolute Gasteiger partial charge is 0.225 e. The van der Waals surface area contributed by atoms with Crippen molar-refractivity contribution in [2.24, 2.45) is 23.7 Å². The van der Waals surface area contributed by atoms with E-state index in [0.29, 0.717) is 18.6 Å². The molecule has 0 radical (unpaired) electrons. The van der Waals surface area contributed by atoms with Gasteiger partial charge in [0.15, 0.2) is 0 Å². The number of hydrogen-bond acceptors (Lipinski definition) is 4. The minimum atomic E-state index is -0.145. The van der Waals surface area contributed by atoms with E-state index < -0.39 is 0 Å². The molecule has 2 N–H and O–H groups in total. The SMILES string of the molecule is CCN1CCC(N(C)C2CC(Cl)CC(C(=O)NCC3C(=O)NC(C)CC3C)C2C)CC1. The van der Waals surface area contributed by atoms with Gasteiger partial charge < -0.3 is 20.4 Å². The Morgan fingerprint density at radius 3 is 2.48 bits per heavy atom. The Labute approximate surface area is 193 Å². The summed E-state index contributed by atoms with van der Waals surface area (Å²) in [5, 5.41) is 6.16. The number of halogens is 1. The highest BCUT2D eigenvalue weighted by Gasteiger charge is 2.42. The molecule has 3 aliphatic rings. The minimum absolute atomic E-state index is 0.0212.